The van der Waals surface area contributed by atoms with Crippen molar-refractivity contribution in [3.05, 3.63) is 33.8 Å². The molecule has 1 aliphatic heterocycles. The number of rotatable bonds is 3. The predicted molar refractivity (Wildman–Crippen MR) is 83.3 cm³/mol. The number of thioether (sulfide) groups is 1. The molecule has 1 heterocycles. The van der Waals surface area contributed by atoms with Crippen molar-refractivity contribution in [2.75, 3.05) is 11.5 Å². The lowest BCUT2D eigenvalue weighted by molar-refractivity contribution is -0.144. The summed E-state index contributed by atoms with van der Waals surface area (Å²) in [4.78, 5) is 23.9. The van der Waals surface area contributed by atoms with E-state index in [-0.39, 0.29) is 5.91 Å². The number of carbonyl (C=O) groups excluding carboxylic acids is 1. The molecule has 1 aromatic rings. The van der Waals surface area contributed by atoms with Crippen LogP contribution in [0.25, 0.3) is 0 Å². The van der Waals surface area contributed by atoms with Crippen molar-refractivity contribution >= 4 is 39.6 Å². The second kappa shape index (κ2) is 6.18. The summed E-state index contributed by atoms with van der Waals surface area (Å²) in [5, 5.41) is 12.2. The average molecular weight is 358 g/mol. The van der Waals surface area contributed by atoms with Crippen LogP contribution in [-0.4, -0.2) is 34.0 Å². The van der Waals surface area contributed by atoms with Gasteiger partial charge in [0.1, 0.15) is 5.54 Å². The highest BCUT2D eigenvalue weighted by molar-refractivity contribution is 9.10. The van der Waals surface area contributed by atoms with E-state index < -0.39 is 11.5 Å². The van der Waals surface area contributed by atoms with E-state index in [1.807, 2.05) is 19.1 Å². The molecule has 0 aromatic heterocycles. The molecule has 0 atom stereocenters. The number of benzene rings is 1. The third-order valence-corrected chi connectivity index (χ3v) is 5.12. The number of hydrogen-bond acceptors (Lipinski definition) is 3. The Morgan fingerprint density at radius 2 is 2.00 bits per heavy atom. The Kier molecular flexibility index (Phi) is 4.75. The zero-order valence-electron chi connectivity index (χ0n) is 11.1. The molecule has 1 saturated heterocycles. The molecule has 4 nitrogen and oxygen atoms in total. The maximum atomic E-state index is 12.3. The van der Waals surface area contributed by atoms with Gasteiger partial charge in [-0.05, 0) is 64.9 Å². The molecular formula is C14H16BrNO3S. The zero-order valence-corrected chi connectivity index (χ0v) is 13.5. The SMILES string of the molecule is Cc1ccc(C(=O)NC2(C(=O)O)CCSCC2)c(Br)c1. The van der Waals surface area contributed by atoms with E-state index in [4.69, 9.17) is 0 Å². The van der Waals surface area contributed by atoms with Gasteiger partial charge < -0.3 is 10.4 Å². The van der Waals surface area contributed by atoms with E-state index in [0.717, 1.165) is 17.1 Å². The molecule has 2 N–H and O–H groups in total. The molecule has 6 heteroatoms. The molecule has 0 bridgehead atoms. The summed E-state index contributed by atoms with van der Waals surface area (Å²) in [6, 6.07) is 5.39. The number of aryl methyl sites for hydroxylation is 1. The summed E-state index contributed by atoms with van der Waals surface area (Å²) >= 11 is 5.07. The lowest BCUT2D eigenvalue weighted by atomic mass is 9.92. The highest BCUT2D eigenvalue weighted by atomic mass is 79.9. The molecule has 1 aliphatic rings. The van der Waals surface area contributed by atoms with Crippen LogP contribution in [0.1, 0.15) is 28.8 Å². The lowest BCUT2D eigenvalue weighted by Gasteiger charge is -2.33. The first-order chi connectivity index (χ1) is 9.44. The molecular weight excluding hydrogens is 342 g/mol. The van der Waals surface area contributed by atoms with Crippen LogP contribution in [-0.2, 0) is 4.79 Å². The second-order valence-electron chi connectivity index (χ2n) is 4.94. The molecule has 0 radical (unpaired) electrons. The van der Waals surface area contributed by atoms with Crippen molar-refractivity contribution in [2.45, 2.75) is 25.3 Å². The number of amides is 1. The fraction of sp³-hybridized carbons (Fsp3) is 0.429. The third kappa shape index (κ3) is 3.17. The fourth-order valence-electron chi connectivity index (χ4n) is 2.20. The van der Waals surface area contributed by atoms with E-state index in [1.165, 1.54) is 0 Å². The quantitative estimate of drug-likeness (QED) is 0.872. The van der Waals surface area contributed by atoms with Crippen LogP contribution in [0, 0.1) is 6.92 Å². The zero-order chi connectivity index (χ0) is 14.8. The van der Waals surface area contributed by atoms with Crippen LogP contribution >= 0.6 is 27.7 Å². The number of hydrogen-bond donors (Lipinski definition) is 2. The van der Waals surface area contributed by atoms with Crippen LogP contribution in [0.15, 0.2) is 22.7 Å². The summed E-state index contributed by atoms with van der Waals surface area (Å²) in [6.07, 6.45) is 0.921. The first-order valence-corrected chi connectivity index (χ1v) is 8.29. The van der Waals surface area contributed by atoms with Crippen molar-refractivity contribution in [1.29, 1.82) is 0 Å². The van der Waals surface area contributed by atoms with Crippen LogP contribution in [0.3, 0.4) is 0 Å². The van der Waals surface area contributed by atoms with E-state index in [0.29, 0.717) is 22.9 Å². The van der Waals surface area contributed by atoms with Crippen LogP contribution in [0.4, 0.5) is 0 Å². The Bertz CT molecular complexity index is 541. The third-order valence-electron chi connectivity index (χ3n) is 3.48. The number of aliphatic carboxylic acids is 1. The number of carboxylic acids is 1. The molecule has 1 amide bonds. The summed E-state index contributed by atoms with van der Waals surface area (Å²) in [5.41, 5.74) is 0.372. The van der Waals surface area contributed by atoms with Crippen molar-refractivity contribution < 1.29 is 14.7 Å². The average Bonchev–Trinajstić information content (AvgIpc) is 2.39. The van der Waals surface area contributed by atoms with E-state index in [1.54, 1.807) is 17.8 Å². The van der Waals surface area contributed by atoms with Crippen molar-refractivity contribution in [1.82, 2.24) is 5.32 Å². The molecule has 0 aliphatic carbocycles. The molecule has 1 fully saturated rings. The van der Waals surface area contributed by atoms with Crippen molar-refractivity contribution in [3.63, 3.8) is 0 Å². The van der Waals surface area contributed by atoms with Crippen LogP contribution in [0.2, 0.25) is 0 Å². The summed E-state index contributed by atoms with van der Waals surface area (Å²) < 4.78 is 0.681. The van der Waals surface area contributed by atoms with Gasteiger partial charge >= 0.3 is 5.97 Å². The Balaban J connectivity index is 2.22. The van der Waals surface area contributed by atoms with Gasteiger partial charge in [0.15, 0.2) is 0 Å². The minimum atomic E-state index is -1.13. The largest absolute Gasteiger partial charge is 0.480 e. The lowest BCUT2D eigenvalue weighted by Crippen LogP contribution is -2.56. The molecule has 20 heavy (non-hydrogen) atoms. The molecule has 108 valence electrons. The van der Waals surface area contributed by atoms with Crippen LogP contribution < -0.4 is 5.32 Å². The summed E-state index contributed by atoms with van der Waals surface area (Å²) in [6.45, 7) is 1.93. The maximum Gasteiger partial charge on any atom is 0.329 e. The minimum absolute atomic E-state index is 0.342. The monoisotopic (exact) mass is 357 g/mol. The molecule has 2 rings (SSSR count). The van der Waals surface area contributed by atoms with Gasteiger partial charge in [-0.3, -0.25) is 4.79 Å². The van der Waals surface area contributed by atoms with Crippen LogP contribution in [0.5, 0.6) is 0 Å². The number of halogens is 1. The highest BCUT2D eigenvalue weighted by Crippen LogP contribution is 2.28. The van der Waals surface area contributed by atoms with Gasteiger partial charge in [-0.1, -0.05) is 6.07 Å². The Morgan fingerprint density at radius 3 is 2.55 bits per heavy atom. The Labute approximate surface area is 130 Å². The molecule has 0 spiro atoms. The Hall–Kier alpha value is -1.01. The molecule has 0 unspecified atom stereocenters. The normalized spacial score (nSPS) is 17.5. The van der Waals surface area contributed by atoms with E-state index >= 15 is 0 Å². The van der Waals surface area contributed by atoms with Gasteiger partial charge in [0.25, 0.3) is 5.91 Å². The second-order valence-corrected chi connectivity index (χ2v) is 7.02. The first kappa shape index (κ1) is 15.4. The summed E-state index contributed by atoms with van der Waals surface area (Å²) in [7, 11) is 0. The number of carbonyl (C=O) groups is 2. The molecule has 1 aromatic carbocycles. The first-order valence-electron chi connectivity index (χ1n) is 6.34. The van der Waals surface area contributed by atoms with Gasteiger partial charge in [0.05, 0.1) is 5.56 Å². The minimum Gasteiger partial charge on any atom is -0.480 e. The van der Waals surface area contributed by atoms with Crippen molar-refractivity contribution in [2.24, 2.45) is 0 Å². The highest BCUT2D eigenvalue weighted by Gasteiger charge is 2.41. The Morgan fingerprint density at radius 1 is 1.35 bits per heavy atom. The van der Waals surface area contributed by atoms with E-state index in [9.17, 15) is 14.7 Å². The number of carboxylic acid groups (broad SMARTS) is 1. The van der Waals surface area contributed by atoms with E-state index in [2.05, 4.69) is 21.2 Å². The van der Waals surface area contributed by atoms with Crippen molar-refractivity contribution in [3.8, 4) is 0 Å². The standard InChI is InChI=1S/C14H16BrNO3S/c1-9-2-3-10(11(15)8-9)12(17)16-14(13(18)19)4-6-20-7-5-14/h2-3,8H,4-7H2,1H3,(H,16,17)(H,18,19). The topological polar surface area (TPSA) is 66.4 Å². The number of nitrogens with one attached hydrogen (secondary N) is 1. The van der Waals surface area contributed by atoms with Gasteiger partial charge in [-0.25, -0.2) is 4.79 Å². The van der Waals surface area contributed by atoms with Gasteiger partial charge in [0, 0.05) is 4.47 Å². The predicted octanol–water partition coefficient (Wildman–Crippen LogP) is 2.84. The van der Waals surface area contributed by atoms with Gasteiger partial charge in [-0.15, -0.1) is 0 Å². The van der Waals surface area contributed by atoms with Gasteiger partial charge in [-0.2, -0.15) is 11.8 Å². The van der Waals surface area contributed by atoms with Gasteiger partial charge in [0.2, 0.25) is 0 Å². The fourth-order valence-corrected chi connectivity index (χ4v) is 4.06. The maximum absolute atomic E-state index is 12.3. The molecule has 0 saturated carbocycles. The summed E-state index contributed by atoms with van der Waals surface area (Å²) in [5.74, 6) is 0.212. The smallest absolute Gasteiger partial charge is 0.329 e.